The van der Waals surface area contributed by atoms with Crippen molar-refractivity contribution in [2.75, 3.05) is 5.75 Å². The van der Waals surface area contributed by atoms with Gasteiger partial charge in [-0.2, -0.15) is 0 Å². The first kappa shape index (κ1) is 12.5. The summed E-state index contributed by atoms with van der Waals surface area (Å²) in [5, 5.41) is 0.170. The van der Waals surface area contributed by atoms with Crippen molar-refractivity contribution >= 4 is 44.4 Å². The minimum absolute atomic E-state index is 0.170. The molecular formula is C8H14OS3. The van der Waals surface area contributed by atoms with Crippen LogP contribution in [0, 0.1) is 0 Å². The van der Waals surface area contributed by atoms with Crippen molar-refractivity contribution in [2.24, 2.45) is 0 Å². The number of carbonyl (C=O) groups is 1. The molecule has 12 heavy (non-hydrogen) atoms. The number of hydrogen-bond donors (Lipinski definition) is 0. The summed E-state index contributed by atoms with van der Waals surface area (Å²) in [6.07, 6.45) is 2.92. The van der Waals surface area contributed by atoms with Crippen LogP contribution in [0.25, 0.3) is 0 Å². The molecule has 0 saturated heterocycles. The van der Waals surface area contributed by atoms with Crippen molar-refractivity contribution in [3.8, 4) is 0 Å². The maximum absolute atomic E-state index is 10.9. The summed E-state index contributed by atoms with van der Waals surface area (Å²) in [6.45, 7) is 4.00. The molecule has 0 fully saturated rings. The van der Waals surface area contributed by atoms with Gasteiger partial charge in [-0.3, -0.25) is 4.79 Å². The Kier molecular flexibility index (Phi) is 8.39. The van der Waals surface area contributed by atoms with Gasteiger partial charge in [0.25, 0.3) is 0 Å². The molecule has 0 heterocycles. The van der Waals surface area contributed by atoms with Gasteiger partial charge in [0, 0.05) is 6.42 Å². The second-order valence-corrected chi connectivity index (χ2v) is 5.64. The SMILES string of the molecule is CCCCSC(=S)SC(=O)CC. The zero-order valence-corrected chi connectivity index (χ0v) is 9.91. The van der Waals surface area contributed by atoms with E-state index in [1.165, 1.54) is 24.6 Å². The lowest BCUT2D eigenvalue weighted by atomic mass is 10.4. The summed E-state index contributed by atoms with van der Waals surface area (Å²) in [5.41, 5.74) is 0. The van der Waals surface area contributed by atoms with E-state index in [4.69, 9.17) is 12.2 Å². The number of carbonyl (C=O) groups excluding carboxylic acids is 1. The Hall–Kier alpha value is 0.460. The lowest BCUT2D eigenvalue weighted by Gasteiger charge is -1.99. The molecular weight excluding hydrogens is 208 g/mol. The number of rotatable bonds is 4. The summed E-state index contributed by atoms with van der Waals surface area (Å²) >= 11 is 7.84. The largest absolute Gasteiger partial charge is 0.287 e. The molecule has 0 aromatic heterocycles. The molecule has 70 valence electrons. The molecule has 0 atom stereocenters. The monoisotopic (exact) mass is 222 g/mol. The molecule has 0 aliphatic heterocycles. The van der Waals surface area contributed by atoms with Crippen LogP contribution in [0.15, 0.2) is 0 Å². The Morgan fingerprint density at radius 1 is 1.42 bits per heavy atom. The van der Waals surface area contributed by atoms with Gasteiger partial charge in [0.15, 0.2) is 5.12 Å². The Morgan fingerprint density at radius 2 is 2.08 bits per heavy atom. The predicted molar refractivity (Wildman–Crippen MR) is 62.9 cm³/mol. The zero-order valence-electron chi connectivity index (χ0n) is 7.46. The van der Waals surface area contributed by atoms with Gasteiger partial charge in [0.2, 0.25) is 0 Å². The van der Waals surface area contributed by atoms with Gasteiger partial charge < -0.3 is 0 Å². The first-order chi connectivity index (χ1) is 5.70. The fraction of sp³-hybridized carbons (Fsp3) is 0.750. The van der Waals surface area contributed by atoms with E-state index < -0.39 is 0 Å². The first-order valence-electron chi connectivity index (χ1n) is 4.08. The standard InChI is InChI=1S/C8H14OS3/c1-3-5-6-11-8(10)12-7(9)4-2/h3-6H2,1-2H3. The molecule has 0 spiro atoms. The average molecular weight is 222 g/mol. The van der Waals surface area contributed by atoms with Gasteiger partial charge in [0.05, 0.1) is 0 Å². The van der Waals surface area contributed by atoms with Gasteiger partial charge in [-0.25, -0.2) is 0 Å². The van der Waals surface area contributed by atoms with Crippen LogP contribution in [0.5, 0.6) is 0 Å². The number of thiocarbonyl (C=S) groups is 1. The maximum atomic E-state index is 10.9. The Labute approximate surface area is 88.1 Å². The summed E-state index contributed by atoms with van der Waals surface area (Å²) in [4.78, 5) is 10.9. The highest BCUT2D eigenvalue weighted by molar-refractivity contribution is 8.52. The van der Waals surface area contributed by atoms with Crippen LogP contribution >= 0.6 is 35.7 Å². The average Bonchev–Trinajstić information content (AvgIpc) is 2.05. The summed E-state index contributed by atoms with van der Waals surface area (Å²) in [5.74, 6) is 1.04. The van der Waals surface area contributed by atoms with Crippen LogP contribution in [0.1, 0.15) is 33.1 Å². The fourth-order valence-electron chi connectivity index (χ4n) is 0.494. The molecule has 0 amide bonds. The van der Waals surface area contributed by atoms with Crippen LogP contribution < -0.4 is 0 Å². The molecule has 0 rings (SSSR count). The summed E-state index contributed by atoms with van der Waals surface area (Å²) < 4.78 is 0.773. The van der Waals surface area contributed by atoms with Crippen molar-refractivity contribution in [1.29, 1.82) is 0 Å². The minimum Gasteiger partial charge on any atom is -0.287 e. The van der Waals surface area contributed by atoms with Crippen LogP contribution in [0.2, 0.25) is 0 Å². The molecule has 0 bridgehead atoms. The number of thioether (sulfide) groups is 2. The molecule has 0 aromatic rings. The predicted octanol–water partition coefficient (Wildman–Crippen LogP) is 3.47. The second-order valence-electron chi connectivity index (χ2n) is 2.28. The van der Waals surface area contributed by atoms with Crippen LogP contribution in [0.3, 0.4) is 0 Å². The van der Waals surface area contributed by atoms with Crippen LogP contribution in [-0.2, 0) is 4.79 Å². The van der Waals surface area contributed by atoms with E-state index in [9.17, 15) is 4.79 Å². The number of unbranched alkanes of at least 4 members (excludes halogenated alkanes) is 1. The van der Waals surface area contributed by atoms with E-state index in [1.807, 2.05) is 6.92 Å². The van der Waals surface area contributed by atoms with E-state index in [1.54, 1.807) is 11.8 Å². The maximum Gasteiger partial charge on any atom is 0.194 e. The Bertz CT molecular complexity index is 156. The molecule has 0 N–H and O–H groups in total. The minimum atomic E-state index is 0.170. The third-order valence-electron chi connectivity index (χ3n) is 1.20. The smallest absolute Gasteiger partial charge is 0.194 e. The molecule has 0 unspecified atom stereocenters. The van der Waals surface area contributed by atoms with Crippen molar-refractivity contribution in [2.45, 2.75) is 33.1 Å². The lowest BCUT2D eigenvalue weighted by molar-refractivity contribution is -0.110. The highest BCUT2D eigenvalue weighted by atomic mass is 32.2. The molecule has 0 aliphatic rings. The van der Waals surface area contributed by atoms with Gasteiger partial charge >= 0.3 is 0 Å². The normalized spacial score (nSPS) is 9.83. The fourth-order valence-corrected chi connectivity index (χ4v) is 2.72. The molecule has 0 aliphatic carbocycles. The lowest BCUT2D eigenvalue weighted by Crippen LogP contribution is -1.92. The van der Waals surface area contributed by atoms with Gasteiger partial charge in [-0.1, -0.05) is 32.5 Å². The topological polar surface area (TPSA) is 17.1 Å². The second kappa shape index (κ2) is 8.08. The molecule has 0 saturated carbocycles. The van der Waals surface area contributed by atoms with Crippen molar-refractivity contribution < 1.29 is 4.79 Å². The van der Waals surface area contributed by atoms with Gasteiger partial charge in [-0.05, 0) is 23.9 Å². The molecule has 4 heteroatoms. The Balaban J connectivity index is 3.40. The van der Waals surface area contributed by atoms with E-state index in [-0.39, 0.29) is 5.12 Å². The molecule has 0 aromatic carbocycles. The zero-order chi connectivity index (χ0) is 9.40. The summed E-state index contributed by atoms with van der Waals surface area (Å²) in [6, 6.07) is 0. The van der Waals surface area contributed by atoms with E-state index in [0.717, 1.165) is 9.28 Å². The van der Waals surface area contributed by atoms with E-state index in [2.05, 4.69) is 6.92 Å². The Morgan fingerprint density at radius 3 is 2.58 bits per heavy atom. The highest BCUT2D eigenvalue weighted by Crippen LogP contribution is 2.20. The highest BCUT2D eigenvalue weighted by Gasteiger charge is 2.04. The van der Waals surface area contributed by atoms with Crippen LogP contribution in [-0.4, -0.2) is 14.4 Å². The third-order valence-corrected chi connectivity index (χ3v) is 3.82. The quantitative estimate of drug-likeness (QED) is 0.535. The van der Waals surface area contributed by atoms with Gasteiger partial charge in [0.1, 0.15) is 3.53 Å². The van der Waals surface area contributed by atoms with Crippen molar-refractivity contribution in [3.05, 3.63) is 0 Å². The van der Waals surface area contributed by atoms with E-state index >= 15 is 0 Å². The first-order valence-corrected chi connectivity index (χ1v) is 6.29. The van der Waals surface area contributed by atoms with Gasteiger partial charge in [-0.15, -0.1) is 11.8 Å². The third kappa shape index (κ3) is 7.13. The van der Waals surface area contributed by atoms with E-state index in [0.29, 0.717) is 6.42 Å². The van der Waals surface area contributed by atoms with Crippen LogP contribution in [0.4, 0.5) is 0 Å². The number of hydrogen-bond acceptors (Lipinski definition) is 4. The molecule has 1 nitrogen and oxygen atoms in total. The van der Waals surface area contributed by atoms with Crippen molar-refractivity contribution in [3.63, 3.8) is 0 Å². The van der Waals surface area contributed by atoms with Crippen molar-refractivity contribution in [1.82, 2.24) is 0 Å². The summed E-state index contributed by atoms with van der Waals surface area (Å²) in [7, 11) is 0. The molecule has 0 radical (unpaired) electrons.